The van der Waals surface area contributed by atoms with Gasteiger partial charge in [-0.2, -0.15) is 0 Å². The predicted molar refractivity (Wildman–Crippen MR) is 111 cm³/mol. The molecule has 0 spiro atoms. The van der Waals surface area contributed by atoms with Gasteiger partial charge in [-0.3, -0.25) is 10.3 Å². The number of nitrogens with one attached hydrogen (secondary N) is 1. The van der Waals surface area contributed by atoms with Gasteiger partial charge in [0, 0.05) is 36.5 Å². The smallest absolute Gasteiger partial charge is 0.413 e. The van der Waals surface area contributed by atoms with Gasteiger partial charge in [-0.15, -0.1) is 0 Å². The minimum absolute atomic E-state index is 0.0684. The summed E-state index contributed by atoms with van der Waals surface area (Å²) in [5, 5.41) is 3.11. The molecular weight excluding hydrogens is 397 g/mol. The minimum Gasteiger partial charge on any atom is -0.444 e. The van der Waals surface area contributed by atoms with Crippen LogP contribution in [-0.2, 0) is 19.7 Å². The molecule has 7 nitrogen and oxygen atoms in total. The summed E-state index contributed by atoms with van der Waals surface area (Å²) in [6, 6.07) is 4.51. The third kappa shape index (κ3) is 5.02. The Balaban J connectivity index is 1.99. The average molecular weight is 426 g/mol. The Morgan fingerprint density at radius 1 is 1.48 bits per heavy atom. The van der Waals surface area contributed by atoms with Crippen LogP contribution in [0.4, 0.5) is 14.9 Å². The van der Waals surface area contributed by atoms with Crippen LogP contribution in [0.2, 0.25) is 0 Å². The highest BCUT2D eigenvalue weighted by Crippen LogP contribution is 2.48. The van der Waals surface area contributed by atoms with Crippen molar-refractivity contribution in [3.63, 3.8) is 0 Å². The SMILES string of the molecule is COC[C@H]1C[C@]2(c3cc(N)ccc3F)N=C(NC(=O)OC(C)(C)C)SC[C@@H]2CO1. The first-order valence-electron chi connectivity index (χ1n) is 9.51. The fourth-order valence-corrected chi connectivity index (χ4v) is 4.81. The standard InChI is InChI=1S/C20H28FN3O4S/c1-19(2,3)28-18(25)23-17-24-20(15-7-13(22)5-6-16(15)21)8-14(10-26-4)27-9-12(20)11-29-17/h5-7,12,14H,8-11,22H2,1-4H3,(H,23,24,25)/t12-,14+,20-/m0/s1. The number of amidine groups is 1. The van der Waals surface area contributed by atoms with Gasteiger partial charge in [-0.1, -0.05) is 11.8 Å². The fraction of sp³-hybridized carbons (Fsp3) is 0.600. The zero-order valence-electron chi connectivity index (χ0n) is 17.2. The highest BCUT2D eigenvalue weighted by molar-refractivity contribution is 8.13. The van der Waals surface area contributed by atoms with Crippen LogP contribution in [0.1, 0.15) is 32.8 Å². The first kappa shape index (κ1) is 21.9. The fourth-order valence-electron chi connectivity index (χ4n) is 3.69. The number of aliphatic imine (C=N–C) groups is 1. The van der Waals surface area contributed by atoms with Gasteiger partial charge in [0.2, 0.25) is 0 Å². The first-order chi connectivity index (χ1) is 13.6. The van der Waals surface area contributed by atoms with Crippen molar-refractivity contribution in [1.82, 2.24) is 5.32 Å². The number of benzene rings is 1. The van der Waals surface area contributed by atoms with Crippen molar-refractivity contribution < 1.29 is 23.4 Å². The Hall–Kier alpha value is -1.84. The molecule has 29 heavy (non-hydrogen) atoms. The quantitative estimate of drug-likeness (QED) is 0.722. The minimum atomic E-state index is -0.906. The summed E-state index contributed by atoms with van der Waals surface area (Å²) in [5.41, 5.74) is 5.30. The number of rotatable bonds is 3. The van der Waals surface area contributed by atoms with E-state index in [1.165, 1.54) is 23.9 Å². The Morgan fingerprint density at radius 3 is 2.93 bits per heavy atom. The van der Waals surface area contributed by atoms with E-state index in [2.05, 4.69) is 5.32 Å². The molecule has 2 aliphatic rings. The van der Waals surface area contributed by atoms with E-state index in [9.17, 15) is 9.18 Å². The third-order valence-corrected chi connectivity index (χ3v) is 5.92. The lowest BCUT2D eigenvalue weighted by atomic mass is 9.73. The summed E-state index contributed by atoms with van der Waals surface area (Å²) in [5.74, 6) is 0.165. The van der Waals surface area contributed by atoms with E-state index >= 15 is 0 Å². The van der Waals surface area contributed by atoms with E-state index in [0.717, 1.165) is 0 Å². The molecule has 3 atom stereocenters. The van der Waals surface area contributed by atoms with Gasteiger partial charge in [-0.05, 0) is 39.0 Å². The number of nitrogen functional groups attached to an aromatic ring is 1. The van der Waals surface area contributed by atoms with Gasteiger partial charge in [0.15, 0.2) is 5.17 Å². The molecule has 1 aromatic rings. The normalized spacial score (nSPS) is 27.0. The van der Waals surface area contributed by atoms with Gasteiger partial charge in [0.25, 0.3) is 0 Å². The topological polar surface area (TPSA) is 95.2 Å². The lowest BCUT2D eigenvalue weighted by Crippen LogP contribution is -2.51. The van der Waals surface area contributed by atoms with Crippen molar-refractivity contribution in [3.8, 4) is 0 Å². The third-order valence-electron chi connectivity index (χ3n) is 4.89. The molecular formula is C20H28FN3O4S. The Morgan fingerprint density at radius 2 is 2.24 bits per heavy atom. The molecule has 1 amide bonds. The number of methoxy groups -OCH3 is 1. The molecule has 0 unspecified atom stereocenters. The Kier molecular flexibility index (Phi) is 6.40. The van der Waals surface area contributed by atoms with Crippen molar-refractivity contribution in [3.05, 3.63) is 29.6 Å². The summed E-state index contributed by atoms with van der Waals surface area (Å²) >= 11 is 1.39. The number of amides is 1. The number of fused-ring (bicyclic) bond motifs is 1. The molecule has 2 aliphatic heterocycles. The molecule has 0 radical (unpaired) electrons. The van der Waals surface area contributed by atoms with Gasteiger partial charge >= 0.3 is 6.09 Å². The van der Waals surface area contributed by atoms with E-state index in [4.69, 9.17) is 24.9 Å². The van der Waals surface area contributed by atoms with E-state index in [1.54, 1.807) is 33.9 Å². The molecule has 0 saturated carbocycles. The van der Waals surface area contributed by atoms with Crippen molar-refractivity contribution in [2.24, 2.45) is 10.9 Å². The van der Waals surface area contributed by atoms with Gasteiger partial charge in [0.05, 0.1) is 24.9 Å². The van der Waals surface area contributed by atoms with Crippen LogP contribution < -0.4 is 11.1 Å². The van der Waals surface area contributed by atoms with Crippen molar-refractivity contribution >= 4 is 28.7 Å². The van der Waals surface area contributed by atoms with Crippen LogP contribution in [0.25, 0.3) is 0 Å². The maximum Gasteiger partial charge on any atom is 0.413 e. The molecule has 0 aromatic heterocycles. The highest BCUT2D eigenvalue weighted by atomic mass is 32.2. The Bertz CT molecular complexity index is 798. The second-order valence-corrected chi connectivity index (χ2v) is 9.34. The summed E-state index contributed by atoms with van der Waals surface area (Å²) in [7, 11) is 1.60. The summed E-state index contributed by atoms with van der Waals surface area (Å²) in [6.45, 7) is 6.15. The van der Waals surface area contributed by atoms with Crippen LogP contribution in [0.5, 0.6) is 0 Å². The molecule has 3 N–H and O–H groups in total. The molecule has 160 valence electrons. The number of thioether (sulfide) groups is 1. The van der Waals surface area contributed by atoms with Crippen molar-refractivity contribution in [2.75, 3.05) is 31.8 Å². The average Bonchev–Trinajstić information content (AvgIpc) is 2.62. The molecule has 0 bridgehead atoms. The van der Waals surface area contributed by atoms with Crippen molar-refractivity contribution in [2.45, 2.75) is 44.4 Å². The molecule has 1 fully saturated rings. The van der Waals surface area contributed by atoms with E-state index in [1.807, 2.05) is 0 Å². The van der Waals surface area contributed by atoms with Gasteiger partial charge < -0.3 is 19.9 Å². The summed E-state index contributed by atoms with van der Waals surface area (Å²) < 4.78 is 31.4. The monoisotopic (exact) mass is 425 g/mol. The predicted octanol–water partition coefficient (Wildman–Crippen LogP) is 3.28. The number of nitrogens with two attached hydrogens (primary N) is 1. The zero-order chi connectivity index (χ0) is 21.2. The first-order valence-corrected chi connectivity index (χ1v) is 10.5. The number of alkyl carbamates (subject to hydrolysis) is 1. The second kappa shape index (κ2) is 8.49. The van der Waals surface area contributed by atoms with E-state index in [-0.39, 0.29) is 17.8 Å². The maximum atomic E-state index is 14.9. The lowest BCUT2D eigenvalue weighted by Gasteiger charge is -2.46. The van der Waals surface area contributed by atoms with Gasteiger partial charge in [0.1, 0.15) is 11.4 Å². The second-order valence-electron chi connectivity index (χ2n) is 8.33. The largest absolute Gasteiger partial charge is 0.444 e. The zero-order valence-corrected chi connectivity index (χ0v) is 18.0. The Labute approximate surface area is 174 Å². The van der Waals surface area contributed by atoms with E-state index < -0.39 is 17.2 Å². The molecule has 1 saturated heterocycles. The number of anilines is 1. The molecule has 3 rings (SSSR count). The van der Waals surface area contributed by atoms with Crippen LogP contribution >= 0.6 is 11.8 Å². The van der Waals surface area contributed by atoms with Crippen LogP contribution in [0, 0.1) is 11.7 Å². The number of hydrogen-bond acceptors (Lipinski definition) is 7. The lowest BCUT2D eigenvalue weighted by molar-refractivity contribution is -0.0812. The van der Waals surface area contributed by atoms with Gasteiger partial charge in [-0.25, -0.2) is 9.18 Å². The molecule has 0 aliphatic carbocycles. The van der Waals surface area contributed by atoms with Crippen LogP contribution in [0.15, 0.2) is 23.2 Å². The maximum absolute atomic E-state index is 14.9. The van der Waals surface area contributed by atoms with Crippen LogP contribution in [-0.4, -0.2) is 49.0 Å². The number of ether oxygens (including phenoxy) is 3. The molecule has 9 heteroatoms. The number of halogens is 1. The van der Waals surface area contributed by atoms with E-state index in [0.29, 0.717) is 41.8 Å². The summed E-state index contributed by atoms with van der Waals surface area (Å²) in [4.78, 5) is 17.1. The summed E-state index contributed by atoms with van der Waals surface area (Å²) in [6.07, 6.45) is -0.413. The molecule has 2 heterocycles. The number of nitrogens with zero attached hydrogens (tertiary/aromatic N) is 1. The highest BCUT2D eigenvalue weighted by Gasteiger charge is 2.50. The number of hydrogen-bond donors (Lipinski definition) is 2. The number of carbonyl (C=O) groups excluding carboxylic acids is 1. The van der Waals surface area contributed by atoms with Crippen LogP contribution in [0.3, 0.4) is 0 Å². The molecule has 1 aromatic carbocycles. The number of carbonyl (C=O) groups is 1. The van der Waals surface area contributed by atoms with Crippen molar-refractivity contribution in [1.29, 1.82) is 0 Å².